The topological polar surface area (TPSA) is 82.1 Å². The van der Waals surface area contributed by atoms with E-state index in [1.807, 2.05) is 0 Å². The van der Waals surface area contributed by atoms with Crippen LogP contribution in [-0.4, -0.2) is 16.9 Å². The molecule has 0 aliphatic carbocycles. The summed E-state index contributed by atoms with van der Waals surface area (Å²) in [5, 5.41) is 0.414. The Morgan fingerprint density at radius 2 is 1.00 bits per heavy atom. The smallest absolute Gasteiger partial charge is 0.394 e. The molecule has 7 nitrogen and oxygen atoms in total. The van der Waals surface area contributed by atoms with Crippen LogP contribution in [-0.2, 0) is 9.19 Å². The zero-order chi connectivity index (χ0) is 19.6. The summed E-state index contributed by atoms with van der Waals surface area (Å²) >= 11 is 0. The summed E-state index contributed by atoms with van der Waals surface area (Å²) in [5.74, 6) is -1.10. The van der Waals surface area contributed by atoms with Crippen LogP contribution in [0.1, 0.15) is 20.7 Å². The van der Waals surface area contributed by atoms with Gasteiger partial charge in [0.05, 0.1) is 11.1 Å². The number of benzene rings is 3. The van der Waals surface area contributed by atoms with Crippen LogP contribution in [0, 0.1) is 0 Å². The van der Waals surface area contributed by atoms with Crippen LogP contribution in [0.15, 0.2) is 84.9 Å². The van der Waals surface area contributed by atoms with Crippen molar-refractivity contribution < 1.29 is 27.8 Å². The van der Waals surface area contributed by atoms with Crippen molar-refractivity contribution in [2.24, 2.45) is 0 Å². The van der Waals surface area contributed by atoms with E-state index in [-0.39, 0.29) is 22.6 Å². The van der Waals surface area contributed by atoms with Crippen molar-refractivity contribution in [2.75, 3.05) is 0 Å². The first-order valence-electron chi connectivity index (χ1n) is 8.33. The van der Waals surface area contributed by atoms with Gasteiger partial charge in [0, 0.05) is 0 Å². The molecule has 8 heteroatoms. The maximum absolute atomic E-state index is 13.3. The summed E-state index contributed by atoms with van der Waals surface area (Å²) in [7, 11) is -4.43. The molecule has 0 aromatic heterocycles. The van der Waals surface area contributed by atoms with Crippen LogP contribution >= 0.6 is 7.82 Å². The first-order chi connectivity index (χ1) is 13.6. The molecule has 1 aliphatic heterocycles. The minimum Gasteiger partial charge on any atom is -0.394 e. The van der Waals surface area contributed by atoms with E-state index in [9.17, 15) is 14.2 Å². The van der Waals surface area contributed by atoms with E-state index >= 15 is 0 Å². The van der Waals surface area contributed by atoms with E-state index in [1.54, 1.807) is 72.8 Å². The number of hydrogen-bond acceptors (Lipinski definition) is 6. The molecular formula is C20H14NO6P. The molecule has 0 unspecified atom stereocenters. The minimum absolute atomic E-state index is 0.151. The van der Waals surface area contributed by atoms with E-state index in [4.69, 9.17) is 13.7 Å². The first-order valence-corrected chi connectivity index (χ1v) is 9.79. The molecule has 3 aromatic carbocycles. The fourth-order valence-corrected chi connectivity index (χ4v) is 3.83. The highest BCUT2D eigenvalue weighted by Gasteiger charge is 2.44. The molecule has 0 saturated carbocycles. The van der Waals surface area contributed by atoms with Gasteiger partial charge in [0.2, 0.25) is 0 Å². The average Bonchev–Trinajstić information content (AvgIpc) is 2.94. The SMILES string of the molecule is O=C1c2ccccc2C(=O)N1OP(=O)(Oc1ccccc1)Oc1ccccc1. The lowest BCUT2D eigenvalue weighted by atomic mass is 10.1. The van der Waals surface area contributed by atoms with Crippen LogP contribution in [0.2, 0.25) is 0 Å². The molecule has 140 valence electrons. The molecule has 0 radical (unpaired) electrons. The fraction of sp³-hybridized carbons (Fsp3) is 0. The van der Waals surface area contributed by atoms with Crippen molar-refractivity contribution in [2.45, 2.75) is 0 Å². The van der Waals surface area contributed by atoms with Crippen LogP contribution in [0.5, 0.6) is 11.5 Å². The molecule has 2 amide bonds. The standard InChI is InChI=1S/C20H14NO6P/c22-19-17-13-7-8-14-18(17)20(23)21(19)27-28(24,25-15-9-3-1-4-10-15)26-16-11-5-2-6-12-16/h1-14H. The number of phosphoric acid groups is 1. The Morgan fingerprint density at radius 3 is 1.43 bits per heavy atom. The Morgan fingerprint density at radius 1 is 0.607 bits per heavy atom. The Labute approximate surface area is 160 Å². The Bertz CT molecular complexity index is 990. The number of imide groups is 1. The van der Waals surface area contributed by atoms with Gasteiger partial charge in [0.15, 0.2) is 0 Å². The van der Waals surface area contributed by atoms with E-state index < -0.39 is 19.6 Å². The van der Waals surface area contributed by atoms with Crippen molar-refractivity contribution >= 4 is 19.6 Å². The second kappa shape index (κ2) is 7.31. The highest BCUT2D eigenvalue weighted by Crippen LogP contribution is 2.51. The Kier molecular flexibility index (Phi) is 4.69. The van der Waals surface area contributed by atoms with E-state index in [1.165, 1.54) is 12.1 Å². The lowest BCUT2D eigenvalue weighted by Crippen LogP contribution is -2.30. The van der Waals surface area contributed by atoms with Crippen LogP contribution in [0.3, 0.4) is 0 Å². The molecule has 0 atom stereocenters. The Hall–Kier alpha value is -3.41. The molecule has 0 bridgehead atoms. The molecular weight excluding hydrogens is 381 g/mol. The highest BCUT2D eigenvalue weighted by molar-refractivity contribution is 7.49. The number of nitrogens with zero attached hydrogens (tertiary/aromatic N) is 1. The summed E-state index contributed by atoms with van der Waals surface area (Å²) in [5.41, 5.74) is 0.303. The summed E-state index contributed by atoms with van der Waals surface area (Å²) in [6.07, 6.45) is 0. The Balaban J connectivity index is 1.65. The number of rotatable bonds is 6. The number of phosphoric ester groups is 1. The maximum atomic E-state index is 13.3. The zero-order valence-electron chi connectivity index (χ0n) is 14.4. The van der Waals surface area contributed by atoms with Gasteiger partial charge < -0.3 is 9.05 Å². The molecule has 0 fully saturated rings. The maximum Gasteiger partial charge on any atom is 0.610 e. The molecule has 28 heavy (non-hydrogen) atoms. The van der Waals surface area contributed by atoms with Crippen molar-refractivity contribution in [1.29, 1.82) is 0 Å². The zero-order valence-corrected chi connectivity index (χ0v) is 15.3. The third-order valence-electron chi connectivity index (χ3n) is 3.86. The summed E-state index contributed by atoms with van der Waals surface area (Å²) in [4.78, 5) is 25.1. The molecule has 1 aliphatic rings. The van der Waals surface area contributed by atoms with Gasteiger partial charge in [-0.1, -0.05) is 48.5 Å². The largest absolute Gasteiger partial charge is 0.610 e. The predicted molar refractivity (Wildman–Crippen MR) is 99.8 cm³/mol. The molecule has 0 spiro atoms. The third kappa shape index (κ3) is 3.53. The van der Waals surface area contributed by atoms with E-state index in [0.717, 1.165) is 0 Å². The van der Waals surface area contributed by atoms with Gasteiger partial charge in [-0.05, 0) is 36.4 Å². The van der Waals surface area contributed by atoms with Gasteiger partial charge in [0.25, 0.3) is 11.8 Å². The number of carbonyl (C=O) groups is 2. The first kappa shape index (κ1) is 18.0. The summed E-state index contributed by atoms with van der Waals surface area (Å²) < 4.78 is 29.5. The van der Waals surface area contributed by atoms with Crippen LogP contribution < -0.4 is 9.05 Å². The third-order valence-corrected chi connectivity index (χ3v) is 5.09. The van der Waals surface area contributed by atoms with Crippen molar-refractivity contribution in [3.63, 3.8) is 0 Å². The molecule has 0 N–H and O–H groups in total. The quantitative estimate of drug-likeness (QED) is 0.452. The van der Waals surface area contributed by atoms with Crippen LogP contribution in [0.4, 0.5) is 0 Å². The van der Waals surface area contributed by atoms with Gasteiger partial charge in [-0.2, -0.15) is 0 Å². The lowest BCUT2D eigenvalue weighted by Gasteiger charge is -2.22. The van der Waals surface area contributed by atoms with Gasteiger partial charge in [-0.3, -0.25) is 9.59 Å². The van der Waals surface area contributed by atoms with Crippen molar-refractivity contribution in [3.05, 3.63) is 96.1 Å². The number of fused-ring (bicyclic) bond motifs is 1. The van der Waals surface area contributed by atoms with E-state index in [0.29, 0.717) is 5.06 Å². The average molecular weight is 395 g/mol. The van der Waals surface area contributed by atoms with E-state index in [2.05, 4.69) is 0 Å². The van der Waals surface area contributed by atoms with Gasteiger partial charge in [-0.25, -0.2) is 4.57 Å². The van der Waals surface area contributed by atoms with Crippen molar-refractivity contribution in [3.8, 4) is 11.5 Å². The fourth-order valence-electron chi connectivity index (χ4n) is 2.61. The summed E-state index contributed by atoms with van der Waals surface area (Å²) in [6, 6.07) is 22.6. The molecule has 1 heterocycles. The highest BCUT2D eigenvalue weighted by atomic mass is 31.2. The van der Waals surface area contributed by atoms with Gasteiger partial charge in [0.1, 0.15) is 11.5 Å². The number of hydrogen-bond donors (Lipinski definition) is 0. The molecule has 0 saturated heterocycles. The van der Waals surface area contributed by atoms with Crippen LogP contribution in [0.25, 0.3) is 0 Å². The number of amides is 2. The second-order valence-electron chi connectivity index (χ2n) is 5.79. The van der Waals surface area contributed by atoms with Gasteiger partial charge in [-0.15, -0.1) is 9.69 Å². The molecule has 3 aromatic rings. The number of carbonyl (C=O) groups excluding carboxylic acids is 2. The number of para-hydroxylation sites is 2. The molecule has 4 rings (SSSR count). The lowest BCUT2D eigenvalue weighted by molar-refractivity contribution is -0.0280. The summed E-state index contributed by atoms with van der Waals surface area (Å²) in [6.45, 7) is 0. The van der Waals surface area contributed by atoms with Crippen molar-refractivity contribution in [1.82, 2.24) is 5.06 Å². The second-order valence-corrected chi connectivity index (χ2v) is 7.21. The predicted octanol–water partition coefficient (Wildman–Crippen LogP) is 4.48. The van der Waals surface area contributed by atoms with Gasteiger partial charge >= 0.3 is 7.82 Å². The minimum atomic E-state index is -4.43. The normalized spacial score (nSPS) is 13.4. The number of hydroxylamine groups is 2. The monoisotopic (exact) mass is 395 g/mol.